The summed E-state index contributed by atoms with van der Waals surface area (Å²) in [6.45, 7) is 5.61. The molecule has 9 heavy (non-hydrogen) atoms. The molecule has 0 radical (unpaired) electrons. The van der Waals surface area contributed by atoms with Crippen LogP contribution in [0.4, 0.5) is 0 Å². The van der Waals surface area contributed by atoms with Gasteiger partial charge in [-0.3, -0.25) is 0 Å². The van der Waals surface area contributed by atoms with Crippen molar-refractivity contribution < 1.29 is 0 Å². The molecule has 0 spiro atoms. The molecule has 0 aromatic heterocycles. The molecule has 0 aliphatic rings. The van der Waals surface area contributed by atoms with Crippen LogP contribution in [0.15, 0.2) is 17.5 Å². The van der Waals surface area contributed by atoms with Crippen molar-refractivity contribution in [3.05, 3.63) is 17.2 Å². The Hall–Kier alpha value is -0.443. The zero-order valence-electron chi connectivity index (χ0n) is 5.84. The van der Waals surface area contributed by atoms with Crippen molar-refractivity contribution in [1.82, 2.24) is 0 Å². The lowest BCUT2D eigenvalue weighted by molar-refractivity contribution is 0.708. The van der Waals surface area contributed by atoms with Gasteiger partial charge in [0.05, 0.1) is 6.04 Å². The Morgan fingerprint density at radius 2 is 2.56 bits per heavy atom. The Morgan fingerprint density at radius 1 is 1.89 bits per heavy atom. The van der Waals surface area contributed by atoms with Crippen molar-refractivity contribution in [2.24, 2.45) is 5.18 Å². The molecule has 1 atom stereocenters. The first-order valence-corrected chi connectivity index (χ1v) is 5.10. The second-order valence-electron chi connectivity index (χ2n) is 2.03. The van der Waals surface area contributed by atoms with E-state index in [9.17, 15) is 4.91 Å². The molecule has 2 nitrogen and oxygen atoms in total. The topological polar surface area (TPSA) is 29.4 Å². The van der Waals surface area contributed by atoms with Gasteiger partial charge in [0.25, 0.3) is 0 Å². The van der Waals surface area contributed by atoms with Gasteiger partial charge in [-0.2, -0.15) is 4.91 Å². The molecule has 0 aromatic carbocycles. The summed E-state index contributed by atoms with van der Waals surface area (Å²) in [5.74, 6) is 0. The van der Waals surface area contributed by atoms with Gasteiger partial charge >= 0.3 is 0 Å². The largest absolute Gasteiger partial charge is 0.151 e. The molecular weight excluding hydrogens is 130 g/mol. The van der Waals surface area contributed by atoms with Crippen LogP contribution in [0.1, 0.15) is 13.3 Å². The van der Waals surface area contributed by atoms with E-state index in [2.05, 4.69) is 11.8 Å². The minimum atomic E-state index is -0.178. The van der Waals surface area contributed by atoms with Crippen LogP contribution in [0, 0.1) is 4.91 Å². The molecule has 3 heteroatoms. The van der Waals surface area contributed by atoms with Gasteiger partial charge in [0, 0.05) is 9.52 Å². The van der Waals surface area contributed by atoms with Gasteiger partial charge in [0.2, 0.25) is 0 Å². The van der Waals surface area contributed by atoms with Gasteiger partial charge in [0.1, 0.15) is 0 Å². The molecular formula is C6H13NOSi. The lowest BCUT2D eigenvalue weighted by Crippen LogP contribution is -2.03. The standard InChI is InChI=1S/C6H13NOSi/c1-3-6(7-8)5-9-4-2/h4,6H,2-3,5,9H2,1H3. The zero-order valence-corrected chi connectivity index (χ0v) is 7.25. The molecule has 0 amide bonds. The minimum Gasteiger partial charge on any atom is -0.151 e. The van der Waals surface area contributed by atoms with Crippen molar-refractivity contribution in [3.8, 4) is 0 Å². The van der Waals surface area contributed by atoms with Crippen LogP contribution < -0.4 is 0 Å². The van der Waals surface area contributed by atoms with Crippen LogP contribution in [-0.4, -0.2) is 15.6 Å². The maximum absolute atomic E-state index is 9.98. The van der Waals surface area contributed by atoms with E-state index in [1.807, 2.05) is 12.6 Å². The zero-order chi connectivity index (χ0) is 7.11. The number of nitrogens with zero attached hydrogens (tertiary/aromatic N) is 1. The van der Waals surface area contributed by atoms with Gasteiger partial charge in [-0.05, 0) is 12.5 Å². The molecule has 0 bridgehead atoms. The van der Waals surface area contributed by atoms with Crippen LogP contribution in [0.25, 0.3) is 0 Å². The fourth-order valence-corrected chi connectivity index (χ4v) is 1.78. The molecule has 1 unspecified atom stereocenters. The normalized spacial score (nSPS) is 13.9. The third-order valence-corrected chi connectivity index (χ3v) is 2.73. The van der Waals surface area contributed by atoms with Gasteiger partial charge in [-0.1, -0.05) is 12.1 Å². The Labute approximate surface area is 58.1 Å². The third kappa shape index (κ3) is 4.09. The highest BCUT2D eigenvalue weighted by Gasteiger charge is 2.02. The van der Waals surface area contributed by atoms with E-state index in [1.54, 1.807) is 0 Å². The first-order valence-electron chi connectivity index (χ1n) is 3.28. The Morgan fingerprint density at radius 3 is 2.89 bits per heavy atom. The predicted octanol–water partition coefficient (Wildman–Crippen LogP) is 1.26. The number of hydrogen-bond donors (Lipinski definition) is 0. The van der Waals surface area contributed by atoms with E-state index in [0.29, 0.717) is 0 Å². The van der Waals surface area contributed by atoms with Gasteiger partial charge in [-0.15, -0.1) is 12.3 Å². The third-order valence-electron chi connectivity index (χ3n) is 1.32. The summed E-state index contributed by atoms with van der Waals surface area (Å²) in [5, 5.41) is 2.98. The van der Waals surface area contributed by atoms with Gasteiger partial charge in [-0.25, -0.2) is 0 Å². The molecule has 0 aliphatic heterocycles. The van der Waals surface area contributed by atoms with Crippen LogP contribution in [0.2, 0.25) is 6.04 Å². The molecule has 0 aliphatic carbocycles. The minimum absolute atomic E-state index is 0.0645. The lowest BCUT2D eigenvalue weighted by Gasteiger charge is -2.00. The van der Waals surface area contributed by atoms with Gasteiger partial charge in [0.15, 0.2) is 0 Å². The Bertz CT molecular complexity index is 95.1. The van der Waals surface area contributed by atoms with Crippen molar-refractivity contribution in [2.75, 3.05) is 0 Å². The monoisotopic (exact) mass is 143 g/mol. The summed E-state index contributed by atoms with van der Waals surface area (Å²) in [6, 6.07) is 1.05. The number of rotatable bonds is 5. The van der Waals surface area contributed by atoms with Crippen LogP contribution in [-0.2, 0) is 0 Å². The van der Waals surface area contributed by atoms with E-state index in [0.717, 1.165) is 12.5 Å². The summed E-state index contributed by atoms with van der Waals surface area (Å²) in [4.78, 5) is 9.98. The van der Waals surface area contributed by atoms with E-state index in [-0.39, 0.29) is 15.6 Å². The summed E-state index contributed by atoms with van der Waals surface area (Å²) in [6.07, 6.45) is 0.879. The molecule has 0 saturated carbocycles. The maximum atomic E-state index is 9.98. The molecule has 0 fully saturated rings. The highest BCUT2D eigenvalue weighted by molar-refractivity contribution is 6.42. The molecule has 0 aromatic rings. The van der Waals surface area contributed by atoms with E-state index >= 15 is 0 Å². The Kier molecular flexibility index (Phi) is 5.41. The average Bonchev–Trinajstić information content (AvgIpc) is 1.91. The maximum Gasteiger partial charge on any atom is 0.0891 e. The van der Waals surface area contributed by atoms with Crippen LogP contribution in [0.3, 0.4) is 0 Å². The second kappa shape index (κ2) is 5.69. The summed E-state index contributed by atoms with van der Waals surface area (Å²) in [7, 11) is -0.178. The smallest absolute Gasteiger partial charge is 0.0891 e. The van der Waals surface area contributed by atoms with Crippen molar-refractivity contribution in [1.29, 1.82) is 0 Å². The quantitative estimate of drug-likeness (QED) is 0.421. The highest BCUT2D eigenvalue weighted by Crippen LogP contribution is 2.01. The highest BCUT2D eigenvalue weighted by atomic mass is 28.2. The molecule has 0 N–H and O–H groups in total. The van der Waals surface area contributed by atoms with Gasteiger partial charge < -0.3 is 0 Å². The predicted molar refractivity (Wildman–Crippen MR) is 43.4 cm³/mol. The SMILES string of the molecule is C=C[SiH2]CC(CC)N=O. The molecule has 0 rings (SSSR count). The molecule has 0 saturated heterocycles. The molecule has 0 heterocycles. The fraction of sp³-hybridized carbons (Fsp3) is 0.667. The summed E-state index contributed by atoms with van der Waals surface area (Å²) in [5.41, 5.74) is 1.95. The average molecular weight is 143 g/mol. The Balaban J connectivity index is 3.30. The van der Waals surface area contributed by atoms with E-state index < -0.39 is 0 Å². The lowest BCUT2D eigenvalue weighted by atomic mass is 10.3. The second-order valence-corrected chi connectivity index (χ2v) is 3.77. The van der Waals surface area contributed by atoms with Crippen molar-refractivity contribution in [3.63, 3.8) is 0 Å². The number of hydrogen-bond acceptors (Lipinski definition) is 2. The molecule has 52 valence electrons. The van der Waals surface area contributed by atoms with Crippen LogP contribution in [0.5, 0.6) is 0 Å². The van der Waals surface area contributed by atoms with Crippen LogP contribution >= 0.6 is 0 Å². The van der Waals surface area contributed by atoms with Crippen molar-refractivity contribution in [2.45, 2.75) is 25.4 Å². The summed E-state index contributed by atoms with van der Waals surface area (Å²) >= 11 is 0. The van der Waals surface area contributed by atoms with Crippen molar-refractivity contribution >= 4 is 9.52 Å². The first-order chi connectivity index (χ1) is 4.35. The fourth-order valence-electron chi connectivity index (χ4n) is 0.642. The first kappa shape index (κ1) is 8.56. The number of nitroso groups, excluding NO2 is 1. The van der Waals surface area contributed by atoms with E-state index in [1.165, 1.54) is 0 Å². The van der Waals surface area contributed by atoms with E-state index in [4.69, 9.17) is 0 Å². The summed E-state index contributed by atoms with van der Waals surface area (Å²) < 4.78 is 0.